The van der Waals surface area contributed by atoms with Crippen LogP contribution >= 0.6 is 0 Å². The molecule has 0 saturated carbocycles. The lowest BCUT2D eigenvalue weighted by Gasteiger charge is -2.14. The molecular formula is C22H20N2O6S. The molecule has 0 amide bonds. The number of fused-ring (bicyclic) bond motifs is 1. The Morgan fingerprint density at radius 1 is 0.806 bits per heavy atom. The third kappa shape index (κ3) is 3.75. The molecule has 1 heterocycles. The molecule has 1 aromatic heterocycles. The number of ether oxygens (including phenoxy) is 3. The second kappa shape index (κ2) is 8.19. The van der Waals surface area contributed by atoms with Crippen LogP contribution < -0.4 is 18.9 Å². The summed E-state index contributed by atoms with van der Waals surface area (Å²) in [5, 5.41) is 4.34. The second-order valence-corrected chi connectivity index (χ2v) is 8.17. The summed E-state index contributed by atoms with van der Waals surface area (Å²) in [5.41, 5.74) is 2.18. The van der Waals surface area contributed by atoms with Gasteiger partial charge in [0.1, 0.15) is 22.6 Å². The van der Waals surface area contributed by atoms with Crippen molar-refractivity contribution in [2.75, 3.05) is 26.1 Å². The van der Waals surface area contributed by atoms with Gasteiger partial charge in [0.2, 0.25) is 0 Å². The van der Waals surface area contributed by atoms with Crippen LogP contribution in [0.4, 0.5) is 5.82 Å². The van der Waals surface area contributed by atoms with Gasteiger partial charge in [-0.2, -0.15) is 0 Å². The van der Waals surface area contributed by atoms with Crippen LogP contribution in [0.25, 0.3) is 22.1 Å². The van der Waals surface area contributed by atoms with Gasteiger partial charge in [0, 0.05) is 0 Å². The first-order valence-corrected chi connectivity index (χ1v) is 10.7. The van der Waals surface area contributed by atoms with Gasteiger partial charge in [-0.15, -0.1) is 0 Å². The van der Waals surface area contributed by atoms with Gasteiger partial charge in [-0.25, -0.2) is 8.42 Å². The average Bonchev–Trinajstić information content (AvgIpc) is 3.20. The maximum Gasteiger partial charge on any atom is 0.270 e. The van der Waals surface area contributed by atoms with Crippen molar-refractivity contribution in [1.29, 1.82) is 0 Å². The van der Waals surface area contributed by atoms with Crippen molar-refractivity contribution in [3.05, 3.63) is 60.7 Å². The average molecular weight is 440 g/mol. The molecule has 8 nitrogen and oxygen atoms in total. The van der Waals surface area contributed by atoms with Crippen LogP contribution in [0.15, 0.2) is 70.1 Å². The first-order chi connectivity index (χ1) is 15.0. The van der Waals surface area contributed by atoms with E-state index in [1.807, 2.05) is 30.3 Å². The molecule has 31 heavy (non-hydrogen) atoms. The van der Waals surface area contributed by atoms with E-state index in [1.165, 1.54) is 33.5 Å². The molecule has 3 aromatic carbocycles. The monoisotopic (exact) mass is 440 g/mol. The number of methoxy groups -OCH3 is 3. The molecule has 0 atom stereocenters. The highest BCUT2D eigenvalue weighted by Gasteiger charge is 2.28. The fourth-order valence-electron chi connectivity index (χ4n) is 3.32. The van der Waals surface area contributed by atoms with Gasteiger partial charge >= 0.3 is 0 Å². The van der Waals surface area contributed by atoms with Crippen molar-refractivity contribution in [3.8, 4) is 28.4 Å². The Morgan fingerprint density at radius 3 is 2.06 bits per heavy atom. The lowest BCUT2D eigenvalue weighted by molar-refractivity contribution is 0.373. The highest BCUT2D eigenvalue weighted by atomic mass is 32.2. The molecule has 0 aliphatic heterocycles. The van der Waals surface area contributed by atoms with Crippen LogP contribution in [0.2, 0.25) is 0 Å². The van der Waals surface area contributed by atoms with E-state index in [-0.39, 0.29) is 22.2 Å². The Kier molecular flexibility index (Phi) is 5.43. The molecule has 4 aromatic rings. The summed E-state index contributed by atoms with van der Waals surface area (Å²) in [4.78, 5) is -0.143. The molecule has 0 aliphatic rings. The van der Waals surface area contributed by atoms with Crippen LogP contribution in [0.3, 0.4) is 0 Å². The van der Waals surface area contributed by atoms with Crippen molar-refractivity contribution >= 4 is 26.8 Å². The van der Waals surface area contributed by atoms with Gasteiger partial charge in [0.15, 0.2) is 16.3 Å². The van der Waals surface area contributed by atoms with Crippen LogP contribution in [0.1, 0.15) is 0 Å². The summed E-state index contributed by atoms with van der Waals surface area (Å²) in [7, 11) is 0.137. The molecule has 160 valence electrons. The van der Waals surface area contributed by atoms with Gasteiger partial charge in [0.25, 0.3) is 10.0 Å². The predicted octanol–water partition coefficient (Wildman–Crippen LogP) is 4.32. The molecule has 0 radical (unpaired) electrons. The fourth-order valence-corrected chi connectivity index (χ4v) is 4.65. The van der Waals surface area contributed by atoms with E-state index in [4.69, 9.17) is 18.7 Å². The summed E-state index contributed by atoms with van der Waals surface area (Å²) in [5.74, 6) is 0.692. The first kappa shape index (κ1) is 20.5. The smallest absolute Gasteiger partial charge is 0.270 e. The van der Waals surface area contributed by atoms with Gasteiger partial charge in [0.05, 0.1) is 21.3 Å². The van der Waals surface area contributed by atoms with E-state index >= 15 is 0 Å². The van der Waals surface area contributed by atoms with Gasteiger partial charge in [-0.05, 0) is 35.4 Å². The Bertz CT molecular complexity index is 1310. The Hall–Kier alpha value is -3.72. The summed E-state index contributed by atoms with van der Waals surface area (Å²) in [6.45, 7) is 0. The zero-order valence-corrected chi connectivity index (χ0v) is 17.9. The van der Waals surface area contributed by atoms with Crippen molar-refractivity contribution in [3.63, 3.8) is 0 Å². The lowest BCUT2D eigenvalue weighted by atomic mass is 10.0. The maximum atomic E-state index is 13.2. The van der Waals surface area contributed by atoms with Crippen molar-refractivity contribution in [1.82, 2.24) is 5.16 Å². The number of nitrogens with one attached hydrogen (secondary N) is 1. The topological polar surface area (TPSA) is 99.9 Å². The van der Waals surface area contributed by atoms with Crippen LogP contribution in [-0.4, -0.2) is 34.9 Å². The Morgan fingerprint density at radius 2 is 1.45 bits per heavy atom. The molecule has 0 unspecified atom stereocenters. The first-order valence-electron chi connectivity index (χ1n) is 9.25. The van der Waals surface area contributed by atoms with Crippen molar-refractivity contribution < 1.29 is 27.2 Å². The molecule has 4 rings (SSSR count). The number of rotatable bonds is 7. The molecule has 0 fully saturated rings. The van der Waals surface area contributed by atoms with E-state index in [2.05, 4.69) is 9.88 Å². The summed E-state index contributed by atoms with van der Waals surface area (Å²) >= 11 is 0. The van der Waals surface area contributed by atoms with Gasteiger partial charge in [-0.3, -0.25) is 4.72 Å². The molecule has 0 spiro atoms. The minimum atomic E-state index is -4.13. The zero-order chi connectivity index (χ0) is 22.0. The number of benzene rings is 3. The zero-order valence-electron chi connectivity index (χ0n) is 17.1. The summed E-state index contributed by atoms with van der Waals surface area (Å²) in [6.07, 6.45) is 0. The third-order valence-electron chi connectivity index (χ3n) is 4.75. The number of aromatic nitrogens is 1. The molecule has 0 saturated heterocycles. The quantitative estimate of drug-likeness (QED) is 0.457. The van der Waals surface area contributed by atoms with Gasteiger partial charge in [-0.1, -0.05) is 41.6 Å². The maximum absolute atomic E-state index is 13.2. The van der Waals surface area contributed by atoms with Gasteiger partial charge < -0.3 is 18.7 Å². The van der Waals surface area contributed by atoms with E-state index in [1.54, 1.807) is 18.2 Å². The van der Waals surface area contributed by atoms with Crippen LogP contribution in [0, 0.1) is 0 Å². The SMILES string of the molecule is COc1cccc(OC)c1S(=O)(=O)Nc1noc2cc(-c3ccccc3)cc(OC)c12. The standard InChI is InChI=1S/C22H20N2O6S/c1-27-16-10-7-11-17(28-2)21(16)31(25,26)24-22-20-18(29-3)12-15(13-19(20)30-23-22)14-8-5-4-6-9-14/h4-13H,1-3H3,(H,23,24). The Balaban J connectivity index is 1.82. The summed E-state index contributed by atoms with van der Waals surface area (Å²) < 4.78 is 50.3. The number of nitrogens with zero attached hydrogens (tertiary/aromatic N) is 1. The predicted molar refractivity (Wildman–Crippen MR) is 116 cm³/mol. The normalized spacial score (nSPS) is 11.3. The fraction of sp³-hybridized carbons (Fsp3) is 0.136. The van der Waals surface area contributed by atoms with Crippen molar-refractivity contribution in [2.24, 2.45) is 0 Å². The molecule has 9 heteroatoms. The number of sulfonamides is 1. The van der Waals surface area contributed by atoms with E-state index in [0.29, 0.717) is 16.7 Å². The highest BCUT2D eigenvalue weighted by molar-refractivity contribution is 7.93. The number of anilines is 1. The second-order valence-electron chi connectivity index (χ2n) is 6.55. The summed E-state index contributed by atoms with van der Waals surface area (Å²) in [6, 6.07) is 18.0. The highest BCUT2D eigenvalue weighted by Crippen LogP contribution is 2.39. The lowest BCUT2D eigenvalue weighted by Crippen LogP contribution is -2.15. The van der Waals surface area contributed by atoms with Crippen LogP contribution in [0.5, 0.6) is 17.2 Å². The van der Waals surface area contributed by atoms with Crippen molar-refractivity contribution in [2.45, 2.75) is 4.90 Å². The van der Waals surface area contributed by atoms with E-state index < -0.39 is 10.0 Å². The molecule has 0 bridgehead atoms. The molecule has 1 N–H and O–H groups in total. The molecular weight excluding hydrogens is 420 g/mol. The number of hydrogen-bond donors (Lipinski definition) is 1. The number of hydrogen-bond acceptors (Lipinski definition) is 7. The van der Waals surface area contributed by atoms with E-state index in [0.717, 1.165) is 11.1 Å². The van der Waals surface area contributed by atoms with Crippen LogP contribution in [-0.2, 0) is 10.0 Å². The third-order valence-corrected chi connectivity index (χ3v) is 6.15. The van der Waals surface area contributed by atoms with E-state index in [9.17, 15) is 8.42 Å². The minimum absolute atomic E-state index is 0.000536. The minimum Gasteiger partial charge on any atom is -0.496 e. The largest absolute Gasteiger partial charge is 0.496 e. The molecule has 0 aliphatic carbocycles. The Labute approximate surface area is 179 Å².